The Morgan fingerprint density at radius 1 is 1.71 bits per heavy atom. The van der Waals surface area contributed by atoms with Crippen LogP contribution in [0.25, 0.3) is 0 Å². The molecule has 1 aliphatic heterocycles. The average molecular weight is 256 g/mol. The summed E-state index contributed by atoms with van der Waals surface area (Å²) in [4.78, 5) is 14.7. The minimum Gasteiger partial charge on any atom is -0.481 e. The molecule has 1 aromatic rings. The van der Waals surface area contributed by atoms with E-state index in [1.165, 1.54) is 11.3 Å². The van der Waals surface area contributed by atoms with Crippen LogP contribution in [0.15, 0.2) is 5.38 Å². The normalized spacial score (nSPS) is 19.4. The number of carbonyl (C=O) groups is 1. The summed E-state index contributed by atoms with van der Waals surface area (Å²) in [5.74, 6) is -0.189. The van der Waals surface area contributed by atoms with Crippen molar-refractivity contribution in [3.63, 3.8) is 0 Å². The summed E-state index contributed by atoms with van der Waals surface area (Å²) in [6.07, 6.45) is 2.21. The second kappa shape index (κ2) is 5.97. The van der Waals surface area contributed by atoms with Gasteiger partial charge in [-0.25, -0.2) is 4.98 Å². The molecule has 17 heavy (non-hydrogen) atoms. The number of ether oxygens (including phenoxy) is 1. The van der Waals surface area contributed by atoms with E-state index >= 15 is 0 Å². The second-order valence-electron chi connectivity index (χ2n) is 4.16. The third kappa shape index (κ3) is 3.98. The lowest BCUT2D eigenvalue weighted by atomic mass is 10.1. The number of carboxylic acid groups (broad SMARTS) is 1. The number of aromatic nitrogens is 1. The van der Waals surface area contributed by atoms with Crippen molar-refractivity contribution in [2.75, 3.05) is 25.1 Å². The average Bonchev–Trinajstić information content (AvgIpc) is 2.89. The quantitative estimate of drug-likeness (QED) is 0.809. The summed E-state index contributed by atoms with van der Waals surface area (Å²) < 4.78 is 5.30. The molecule has 2 N–H and O–H groups in total. The molecule has 0 saturated carbocycles. The summed E-state index contributed by atoms with van der Waals surface area (Å²) >= 11 is 1.46. The predicted molar refractivity (Wildman–Crippen MR) is 65.5 cm³/mol. The molecule has 0 aliphatic carbocycles. The van der Waals surface area contributed by atoms with Crippen LogP contribution in [0, 0.1) is 5.92 Å². The molecule has 5 nitrogen and oxygen atoms in total. The number of thiazole rings is 1. The van der Waals surface area contributed by atoms with Crippen molar-refractivity contribution in [1.82, 2.24) is 4.98 Å². The monoisotopic (exact) mass is 256 g/mol. The molecule has 2 rings (SSSR count). The lowest BCUT2D eigenvalue weighted by molar-refractivity contribution is -0.136. The van der Waals surface area contributed by atoms with Crippen LogP contribution in [-0.2, 0) is 16.0 Å². The van der Waals surface area contributed by atoms with E-state index in [-0.39, 0.29) is 6.42 Å². The molecule has 94 valence electrons. The van der Waals surface area contributed by atoms with Gasteiger partial charge in [-0.3, -0.25) is 4.79 Å². The predicted octanol–water partition coefficient (Wildman–Crippen LogP) is 1.61. The van der Waals surface area contributed by atoms with Gasteiger partial charge in [-0.1, -0.05) is 0 Å². The second-order valence-corrected chi connectivity index (χ2v) is 5.02. The lowest BCUT2D eigenvalue weighted by Crippen LogP contribution is -2.09. The molecule has 1 aromatic heterocycles. The highest BCUT2D eigenvalue weighted by atomic mass is 32.1. The van der Waals surface area contributed by atoms with Crippen molar-refractivity contribution in [2.24, 2.45) is 5.92 Å². The fourth-order valence-electron chi connectivity index (χ4n) is 1.82. The number of aliphatic carboxylic acids is 1. The molecule has 1 atom stereocenters. The van der Waals surface area contributed by atoms with Crippen LogP contribution in [0.5, 0.6) is 0 Å². The van der Waals surface area contributed by atoms with Gasteiger partial charge in [0.15, 0.2) is 5.13 Å². The first-order valence-electron chi connectivity index (χ1n) is 5.72. The van der Waals surface area contributed by atoms with Gasteiger partial charge < -0.3 is 15.2 Å². The number of hydrogen-bond donors (Lipinski definition) is 2. The molecule has 0 radical (unpaired) electrons. The Morgan fingerprint density at radius 2 is 2.59 bits per heavy atom. The Balaban J connectivity index is 1.71. The molecular weight excluding hydrogens is 240 g/mol. The maximum atomic E-state index is 10.5. The minimum absolute atomic E-state index is 0.00531. The maximum Gasteiger partial charge on any atom is 0.309 e. The van der Waals surface area contributed by atoms with Crippen LogP contribution in [0.4, 0.5) is 5.13 Å². The van der Waals surface area contributed by atoms with Crippen molar-refractivity contribution < 1.29 is 14.6 Å². The van der Waals surface area contributed by atoms with Crippen LogP contribution >= 0.6 is 11.3 Å². The van der Waals surface area contributed by atoms with Gasteiger partial charge in [0.05, 0.1) is 12.1 Å². The number of nitrogens with one attached hydrogen (secondary N) is 1. The van der Waals surface area contributed by atoms with E-state index in [0.717, 1.165) is 37.7 Å². The number of hydrogen-bond acceptors (Lipinski definition) is 5. The zero-order valence-corrected chi connectivity index (χ0v) is 10.3. The van der Waals surface area contributed by atoms with E-state index in [2.05, 4.69) is 10.3 Å². The Kier molecular flexibility index (Phi) is 4.33. The van der Waals surface area contributed by atoms with Crippen molar-refractivity contribution >= 4 is 22.4 Å². The van der Waals surface area contributed by atoms with Gasteiger partial charge in [0.25, 0.3) is 0 Å². The fraction of sp³-hybridized carbons (Fsp3) is 0.636. The van der Waals surface area contributed by atoms with Crippen LogP contribution in [-0.4, -0.2) is 35.8 Å². The molecular formula is C11H16N2O3S. The van der Waals surface area contributed by atoms with Crippen molar-refractivity contribution in [1.29, 1.82) is 0 Å². The molecule has 6 heteroatoms. The molecule has 1 saturated heterocycles. The van der Waals surface area contributed by atoms with Crippen molar-refractivity contribution in [3.05, 3.63) is 11.1 Å². The van der Waals surface area contributed by atoms with E-state index in [4.69, 9.17) is 9.84 Å². The Bertz CT molecular complexity index is 375. The summed E-state index contributed by atoms with van der Waals surface area (Å²) in [6.45, 7) is 2.61. The van der Waals surface area contributed by atoms with Gasteiger partial charge >= 0.3 is 5.97 Å². The molecule has 1 aliphatic rings. The Labute approximate surface area is 104 Å². The number of anilines is 1. The summed E-state index contributed by atoms with van der Waals surface area (Å²) in [7, 11) is 0. The van der Waals surface area contributed by atoms with Crippen molar-refractivity contribution in [3.8, 4) is 0 Å². The smallest absolute Gasteiger partial charge is 0.309 e. The number of carboxylic acids is 1. The molecule has 1 unspecified atom stereocenters. The summed E-state index contributed by atoms with van der Waals surface area (Å²) in [5.41, 5.74) is 0.620. The minimum atomic E-state index is -0.843. The fourth-order valence-corrected chi connectivity index (χ4v) is 2.56. The first-order chi connectivity index (χ1) is 8.24. The van der Waals surface area contributed by atoms with E-state index in [1.807, 2.05) is 0 Å². The molecule has 0 aromatic carbocycles. The third-order valence-corrected chi connectivity index (χ3v) is 3.59. The van der Waals surface area contributed by atoms with Gasteiger partial charge in [0.2, 0.25) is 0 Å². The number of rotatable bonds is 6. The van der Waals surface area contributed by atoms with E-state index < -0.39 is 5.97 Å². The van der Waals surface area contributed by atoms with Gasteiger partial charge in [0.1, 0.15) is 0 Å². The lowest BCUT2D eigenvalue weighted by Gasteiger charge is -2.07. The largest absolute Gasteiger partial charge is 0.481 e. The molecule has 2 heterocycles. The maximum absolute atomic E-state index is 10.5. The standard InChI is InChI=1S/C11H16N2O3S/c14-10(15)5-9-7-17-11(13-9)12-3-1-8-2-4-16-6-8/h7-8H,1-6H2,(H,12,13)(H,14,15). The molecule has 1 fully saturated rings. The highest BCUT2D eigenvalue weighted by Crippen LogP contribution is 2.19. The van der Waals surface area contributed by atoms with Gasteiger partial charge in [0, 0.05) is 25.1 Å². The highest BCUT2D eigenvalue weighted by molar-refractivity contribution is 7.13. The Hall–Kier alpha value is -1.14. The van der Waals surface area contributed by atoms with Crippen LogP contribution in [0.2, 0.25) is 0 Å². The van der Waals surface area contributed by atoms with Gasteiger partial charge in [-0.05, 0) is 18.8 Å². The zero-order valence-electron chi connectivity index (χ0n) is 9.52. The van der Waals surface area contributed by atoms with E-state index in [1.54, 1.807) is 5.38 Å². The van der Waals surface area contributed by atoms with Crippen LogP contribution in [0.3, 0.4) is 0 Å². The molecule has 0 amide bonds. The van der Waals surface area contributed by atoms with Crippen LogP contribution < -0.4 is 5.32 Å². The number of nitrogens with zero attached hydrogens (tertiary/aromatic N) is 1. The van der Waals surface area contributed by atoms with E-state index in [9.17, 15) is 4.79 Å². The zero-order chi connectivity index (χ0) is 12.1. The highest BCUT2D eigenvalue weighted by Gasteiger charge is 2.15. The SMILES string of the molecule is O=C(O)Cc1csc(NCCC2CCOC2)n1. The van der Waals surface area contributed by atoms with Gasteiger partial charge in [-0.15, -0.1) is 11.3 Å². The molecule has 0 bridgehead atoms. The summed E-state index contributed by atoms with van der Waals surface area (Å²) in [6, 6.07) is 0. The van der Waals surface area contributed by atoms with Gasteiger partial charge in [-0.2, -0.15) is 0 Å². The first kappa shape index (κ1) is 12.3. The van der Waals surface area contributed by atoms with E-state index in [0.29, 0.717) is 11.6 Å². The Morgan fingerprint density at radius 3 is 3.29 bits per heavy atom. The first-order valence-corrected chi connectivity index (χ1v) is 6.60. The summed E-state index contributed by atoms with van der Waals surface area (Å²) in [5, 5.41) is 14.4. The van der Waals surface area contributed by atoms with Crippen LogP contribution in [0.1, 0.15) is 18.5 Å². The third-order valence-electron chi connectivity index (χ3n) is 2.74. The molecule has 0 spiro atoms. The van der Waals surface area contributed by atoms with Crippen molar-refractivity contribution in [2.45, 2.75) is 19.3 Å². The topological polar surface area (TPSA) is 71.5 Å².